The van der Waals surface area contributed by atoms with Gasteiger partial charge in [0.05, 0.1) is 5.56 Å². The maximum absolute atomic E-state index is 13.0. The highest BCUT2D eigenvalue weighted by molar-refractivity contribution is 5.95. The van der Waals surface area contributed by atoms with Crippen molar-refractivity contribution in [2.24, 2.45) is 0 Å². The van der Waals surface area contributed by atoms with E-state index in [2.05, 4.69) is 5.32 Å². The first kappa shape index (κ1) is 22.1. The average Bonchev–Trinajstić information content (AvgIpc) is 2.65. The molecular weight excluding hydrogens is 375 g/mol. The lowest BCUT2D eigenvalue weighted by atomic mass is 10.1. The Balaban J connectivity index is 1.99. The van der Waals surface area contributed by atoms with Crippen LogP contribution >= 0.6 is 0 Å². The maximum atomic E-state index is 13.0. The molecule has 2 rings (SSSR count). The predicted octanol–water partition coefficient (Wildman–Crippen LogP) is 3.56. The van der Waals surface area contributed by atoms with Crippen LogP contribution in [0.2, 0.25) is 0 Å². The third-order valence-electron chi connectivity index (χ3n) is 4.12. The van der Waals surface area contributed by atoms with E-state index in [0.29, 0.717) is 11.3 Å². The minimum atomic E-state index is -0.674. The van der Waals surface area contributed by atoms with Crippen molar-refractivity contribution >= 4 is 23.5 Å². The number of halogens is 1. The summed E-state index contributed by atoms with van der Waals surface area (Å²) < 4.78 is 18.1. The molecule has 0 aromatic heterocycles. The van der Waals surface area contributed by atoms with Crippen molar-refractivity contribution in [1.82, 2.24) is 4.90 Å². The first-order chi connectivity index (χ1) is 13.6. The Bertz CT molecular complexity index is 888. The molecule has 0 saturated carbocycles. The molecule has 0 aliphatic carbocycles. The maximum Gasteiger partial charge on any atom is 0.338 e. The standard InChI is InChI=1S/C22H25FN2O4/c1-15-6-5-7-16(12-15)21(28)29-14-20(27)25(22(2,3)4)13-19(26)24-18-10-8-17(23)9-11-18/h5-12H,13-14H2,1-4H3,(H,24,26). The van der Waals surface area contributed by atoms with Gasteiger partial charge in [-0.2, -0.15) is 0 Å². The quantitative estimate of drug-likeness (QED) is 0.753. The minimum Gasteiger partial charge on any atom is -0.452 e. The molecule has 0 aliphatic heterocycles. The lowest BCUT2D eigenvalue weighted by Gasteiger charge is -2.35. The van der Waals surface area contributed by atoms with Crippen LogP contribution in [0.25, 0.3) is 0 Å². The zero-order chi connectivity index (χ0) is 21.6. The van der Waals surface area contributed by atoms with E-state index in [1.165, 1.54) is 29.2 Å². The van der Waals surface area contributed by atoms with Gasteiger partial charge in [-0.25, -0.2) is 9.18 Å². The summed E-state index contributed by atoms with van der Waals surface area (Å²) in [5, 5.41) is 2.62. The van der Waals surface area contributed by atoms with Crippen molar-refractivity contribution in [3.63, 3.8) is 0 Å². The fourth-order valence-electron chi connectivity index (χ4n) is 2.64. The first-order valence-electron chi connectivity index (χ1n) is 9.16. The van der Waals surface area contributed by atoms with Crippen LogP contribution < -0.4 is 5.32 Å². The van der Waals surface area contributed by atoms with E-state index in [-0.39, 0.29) is 6.54 Å². The molecule has 2 amide bonds. The van der Waals surface area contributed by atoms with E-state index in [9.17, 15) is 18.8 Å². The average molecular weight is 400 g/mol. The minimum absolute atomic E-state index is 0.234. The molecule has 0 aliphatic rings. The molecule has 0 spiro atoms. The molecule has 6 nitrogen and oxygen atoms in total. The van der Waals surface area contributed by atoms with Crippen LogP contribution in [0.3, 0.4) is 0 Å². The van der Waals surface area contributed by atoms with Crippen LogP contribution in [0.15, 0.2) is 48.5 Å². The SMILES string of the molecule is Cc1cccc(C(=O)OCC(=O)N(CC(=O)Nc2ccc(F)cc2)C(C)(C)C)c1. The number of rotatable bonds is 6. The molecule has 2 aromatic rings. The van der Waals surface area contributed by atoms with Crippen LogP contribution in [0.4, 0.5) is 10.1 Å². The lowest BCUT2D eigenvalue weighted by Crippen LogP contribution is -2.50. The number of benzene rings is 2. The van der Waals surface area contributed by atoms with Gasteiger partial charge < -0.3 is 15.0 Å². The van der Waals surface area contributed by atoms with E-state index in [1.54, 1.807) is 39.0 Å². The van der Waals surface area contributed by atoms with Gasteiger partial charge in [-0.3, -0.25) is 9.59 Å². The molecule has 2 aromatic carbocycles. The Kier molecular flexibility index (Phi) is 7.09. The smallest absolute Gasteiger partial charge is 0.338 e. The molecule has 0 unspecified atom stereocenters. The number of nitrogens with zero attached hydrogens (tertiary/aromatic N) is 1. The van der Waals surface area contributed by atoms with E-state index in [1.807, 2.05) is 13.0 Å². The van der Waals surface area contributed by atoms with Crippen molar-refractivity contribution in [1.29, 1.82) is 0 Å². The molecule has 0 radical (unpaired) electrons. The van der Waals surface area contributed by atoms with Crippen LogP contribution in [0.5, 0.6) is 0 Å². The third kappa shape index (κ3) is 6.71. The van der Waals surface area contributed by atoms with Crippen molar-refractivity contribution in [3.8, 4) is 0 Å². The van der Waals surface area contributed by atoms with Gasteiger partial charge in [-0.15, -0.1) is 0 Å². The second-order valence-corrected chi connectivity index (χ2v) is 7.65. The Labute approximate surface area is 169 Å². The summed E-state index contributed by atoms with van der Waals surface area (Å²) in [6.45, 7) is 6.47. The van der Waals surface area contributed by atoms with E-state index >= 15 is 0 Å². The van der Waals surface area contributed by atoms with E-state index < -0.39 is 35.7 Å². The zero-order valence-corrected chi connectivity index (χ0v) is 17.0. The van der Waals surface area contributed by atoms with Gasteiger partial charge in [-0.1, -0.05) is 17.7 Å². The number of nitrogens with one attached hydrogen (secondary N) is 1. The molecule has 0 heterocycles. The normalized spacial score (nSPS) is 10.9. The van der Waals surface area contributed by atoms with Crippen LogP contribution in [-0.4, -0.2) is 41.4 Å². The fraction of sp³-hybridized carbons (Fsp3) is 0.318. The third-order valence-corrected chi connectivity index (χ3v) is 4.12. The highest BCUT2D eigenvalue weighted by atomic mass is 19.1. The van der Waals surface area contributed by atoms with E-state index in [0.717, 1.165) is 5.56 Å². The van der Waals surface area contributed by atoms with Gasteiger partial charge >= 0.3 is 5.97 Å². The van der Waals surface area contributed by atoms with Crippen molar-refractivity contribution in [2.45, 2.75) is 33.2 Å². The molecule has 0 atom stereocenters. The van der Waals surface area contributed by atoms with Crippen molar-refractivity contribution in [3.05, 3.63) is 65.5 Å². The monoisotopic (exact) mass is 400 g/mol. The fourth-order valence-corrected chi connectivity index (χ4v) is 2.64. The Morgan fingerprint density at radius 2 is 1.72 bits per heavy atom. The molecule has 29 heavy (non-hydrogen) atoms. The van der Waals surface area contributed by atoms with Gasteiger partial charge in [0.15, 0.2) is 6.61 Å². The number of aryl methyl sites for hydroxylation is 1. The highest BCUT2D eigenvalue weighted by Crippen LogP contribution is 2.15. The highest BCUT2D eigenvalue weighted by Gasteiger charge is 2.29. The summed E-state index contributed by atoms with van der Waals surface area (Å²) in [5.41, 5.74) is 1.00. The number of amides is 2. The van der Waals surface area contributed by atoms with Crippen LogP contribution in [-0.2, 0) is 14.3 Å². The number of hydrogen-bond acceptors (Lipinski definition) is 4. The summed E-state index contributed by atoms with van der Waals surface area (Å²) in [5.74, 6) is -1.95. The predicted molar refractivity (Wildman–Crippen MR) is 108 cm³/mol. The summed E-state index contributed by atoms with van der Waals surface area (Å²) in [6, 6.07) is 12.2. The Morgan fingerprint density at radius 1 is 1.07 bits per heavy atom. The van der Waals surface area contributed by atoms with Crippen LogP contribution in [0.1, 0.15) is 36.7 Å². The Hall–Kier alpha value is -3.22. The summed E-state index contributed by atoms with van der Waals surface area (Å²) in [7, 11) is 0. The second kappa shape index (κ2) is 9.32. The molecule has 0 bridgehead atoms. The first-order valence-corrected chi connectivity index (χ1v) is 9.16. The van der Waals surface area contributed by atoms with Gasteiger partial charge in [0.1, 0.15) is 12.4 Å². The van der Waals surface area contributed by atoms with Gasteiger partial charge in [0, 0.05) is 11.2 Å². The number of carbonyl (C=O) groups excluding carboxylic acids is 3. The number of esters is 1. The molecule has 1 N–H and O–H groups in total. The number of ether oxygens (including phenoxy) is 1. The number of carbonyl (C=O) groups is 3. The van der Waals surface area contributed by atoms with Gasteiger partial charge in [0.25, 0.3) is 5.91 Å². The summed E-state index contributed by atoms with van der Waals surface area (Å²) in [4.78, 5) is 38.5. The molecule has 0 saturated heterocycles. The second-order valence-electron chi connectivity index (χ2n) is 7.65. The van der Waals surface area contributed by atoms with Crippen molar-refractivity contribution < 1.29 is 23.5 Å². The summed E-state index contributed by atoms with van der Waals surface area (Å²) >= 11 is 0. The molecule has 154 valence electrons. The number of anilines is 1. The molecule has 7 heteroatoms. The van der Waals surface area contributed by atoms with E-state index in [4.69, 9.17) is 4.74 Å². The number of hydrogen-bond donors (Lipinski definition) is 1. The van der Waals surface area contributed by atoms with Crippen LogP contribution in [0, 0.1) is 12.7 Å². The lowest BCUT2D eigenvalue weighted by molar-refractivity contribution is -0.142. The topological polar surface area (TPSA) is 75.7 Å². The Morgan fingerprint density at radius 3 is 2.31 bits per heavy atom. The summed E-state index contributed by atoms with van der Waals surface area (Å²) in [6.07, 6.45) is 0. The van der Waals surface area contributed by atoms with Gasteiger partial charge in [0.2, 0.25) is 5.91 Å². The zero-order valence-electron chi connectivity index (χ0n) is 17.0. The largest absolute Gasteiger partial charge is 0.452 e. The van der Waals surface area contributed by atoms with Crippen molar-refractivity contribution in [2.75, 3.05) is 18.5 Å². The van der Waals surface area contributed by atoms with Gasteiger partial charge in [-0.05, 0) is 64.1 Å². The molecule has 0 fully saturated rings. The molecular formula is C22H25FN2O4.